The van der Waals surface area contributed by atoms with Gasteiger partial charge in [0.05, 0.1) is 17.1 Å². The topological polar surface area (TPSA) is 75.7 Å². The predicted octanol–water partition coefficient (Wildman–Crippen LogP) is 5.50. The van der Waals surface area contributed by atoms with E-state index in [0.29, 0.717) is 22.0 Å². The quantitative estimate of drug-likeness (QED) is 0.294. The number of carbonyl (C=O) groups excluding carboxylic acids is 1. The Morgan fingerprint density at radius 3 is 2.39 bits per heavy atom. The smallest absolute Gasteiger partial charge is 0.264 e. The molecule has 36 heavy (non-hydrogen) atoms. The van der Waals surface area contributed by atoms with Crippen LogP contribution in [0, 0.1) is 13.8 Å². The van der Waals surface area contributed by atoms with Crippen molar-refractivity contribution in [1.29, 1.82) is 0 Å². The van der Waals surface area contributed by atoms with Crippen molar-refractivity contribution in [3.63, 3.8) is 0 Å². The number of rotatable bonds is 9. The summed E-state index contributed by atoms with van der Waals surface area (Å²) in [6, 6.07) is 25.2. The molecule has 186 valence electrons. The fourth-order valence-corrected chi connectivity index (χ4v) is 5.43. The van der Waals surface area contributed by atoms with Gasteiger partial charge in [-0.2, -0.15) is 0 Å². The number of carbonyl (C=O) groups is 1. The van der Waals surface area contributed by atoms with Crippen LogP contribution in [-0.2, 0) is 14.8 Å². The minimum Gasteiger partial charge on any atom is -0.492 e. The maximum atomic E-state index is 13.5. The Morgan fingerprint density at radius 2 is 1.64 bits per heavy atom. The van der Waals surface area contributed by atoms with Gasteiger partial charge >= 0.3 is 0 Å². The van der Waals surface area contributed by atoms with Gasteiger partial charge in [0.2, 0.25) is 5.91 Å². The zero-order valence-electron chi connectivity index (χ0n) is 20.1. The third kappa shape index (κ3) is 5.98. The number of hydrogen-bond acceptors (Lipinski definition) is 4. The molecule has 0 saturated carbocycles. The molecule has 0 heterocycles. The van der Waals surface area contributed by atoms with E-state index < -0.39 is 22.5 Å². The molecule has 1 amide bonds. The second kappa shape index (κ2) is 11.0. The van der Waals surface area contributed by atoms with Crippen molar-refractivity contribution in [3.05, 3.63) is 101 Å². The minimum absolute atomic E-state index is 0.0971. The van der Waals surface area contributed by atoms with Crippen molar-refractivity contribution in [2.24, 2.45) is 0 Å². The van der Waals surface area contributed by atoms with Crippen molar-refractivity contribution >= 4 is 44.0 Å². The third-order valence-electron chi connectivity index (χ3n) is 5.75. The Bertz CT molecular complexity index is 1490. The van der Waals surface area contributed by atoms with Gasteiger partial charge < -0.3 is 10.1 Å². The van der Waals surface area contributed by atoms with Gasteiger partial charge in [-0.25, -0.2) is 8.42 Å². The summed E-state index contributed by atoms with van der Waals surface area (Å²) in [7, 11) is -4.02. The number of amides is 1. The van der Waals surface area contributed by atoms with Crippen LogP contribution in [0.2, 0.25) is 5.02 Å². The number of sulfonamides is 1. The van der Waals surface area contributed by atoms with Crippen LogP contribution in [0.15, 0.2) is 89.8 Å². The van der Waals surface area contributed by atoms with Gasteiger partial charge in [-0.1, -0.05) is 65.7 Å². The lowest BCUT2D eigenvalue weighted by atomic mass is 10.1. The Balaban J connectivity index is 1.46. The SMILES string of the molecule is Cc1ccc(S(=O)(=O)N(CC(=O)NCCOc2ccc3ccccc3c2)c2cc(Cl)ccc2C)cc1. The zero-order valence-corrected chi connectivity index (χ0v) is 21.6. The Kier molecular flexibility index (Phi) is 7.82. The molecule has 6 nitrogen and oxygen atoms in total. The molecular formula is C28H27ClN2O4S. The average Bonchev–Trinajstić information content (AvgIpc) is 2.87. The summed E-state index contributed by atoms with van der Waals surface area (Å²) in [6.07, 6.45) is 0. The van der Waals surface area contributed by atoms with Crippen molar-refractivity contribution < 1.29 is 17.9 Å². The van der Waals surface area contributed by atoms with Crippen LogP contribution < -0.4 is 14.4 Å². The van der Waals surface area contributed by atoms with Crippen LogP contribution in [0.5, 0.6) is 5.75 Å². The standard InChI is InChI=1S/C28H27ClN2O4S/c1-20-7-13-26(14-8-20)36(33,34)31(27-18-24(29)11-9-21(27)2)19-28(32)30-15-16-35-25-12-10-22-5-3-4-6-23(22)17-25/h3-14,17-18H,15-16,19H2,1-2H3,(H,30,32). The molecule has 0 fully saturated rings. The molecule has 0 aliphatic carbocycles. The van der Waals surface area contributed by atoms with Crippen LogP contribution in [0.3, 0.4) is 0 Å². The largest absolute Gasteiger partial charge is 0.492 e. The zero-order chi connectivity index (χ0) is 25.7. The molecule has 4 rings (SSSR count). The number of nitrogens with zero attached hydrogens (tertiary/aromatic N) is 1. The molecule has 1 N–H and O–H groups in total. The first-order chi connectivity index (χ1) is 17.2. The van der Waals surface area contributed by atoms with Gasteiger partial charge in [-0.3, -0.25) is 9.10 Å². The summed E-state index contributed by atoms with van der Waals surface area (Å²) in [6.45, 7) is 3.72. The Morgan fingerprint density at radius 1 is 0.917 bits per heavy atom. The van der Waals surface area contributed by atoms with Crippen molar-refractivity contribution in [1.82, 2.24) is 5.32 Å². The fraction of sp³-hybridized carbons (Fsp3) is 0.179. The van der Waals surface area contributed by atoms with Crippen molar-refractivity contribution in [2.45, 2.75) is 18.7 Å². The van der Waals surface area contributed by atoms with Gasteiger partial charge in [-0.15, -0.1) is 0 Å². The lowest BCUT2D eigenvalue weighted by Gasteiger charge is -2.26. The summed E-state index contributed by atoms with van der Waals surface area (Å²) >= 11 is 6.17. The van der Waals surface area contributed by atoms with E-state index >= 15 is 0 Å². The predicted molar refractivity (Wildman–Crippen MR) is 144 cm³/mol. The average molecular weight is 523 g/mol. The van der Waals surface area contributed by atoms with E-state index in [1.807, 2.05) is 49.4 Å². The molecule has 4 aromatic carbocycles. The first kappa shape index (κ1) is 25.5. The van der Waals surface area contributed by atoms with E-state index in [-0.39, 0.29) is 18.0 Å². The number of halogens is 1. The van der Waals surface area contributed by atoms with E-state index in [9.17, 15) is 13.2 Å². The molecule has 0 aliphatic heterocycles. The Hall–Kier alpha value is -3.55. The van der Waals surface area contributed by atoms with Crippen LogP contribution in [0.4, 0.5) is 5.69 Å². The maximum absolute atomic E-state index is 13.5. The highest BCUT2D eigenvalue weighted by Gasteiger charge is 2.28. The number of aryl methyl sites for hydroxylation is 2. The molecule has 8 heteroatoms. The molecule has 0 atom stereocenters. The van der Waals surface area contributed by atoms with Gasteiger partial charge in [0, 0.05) is 5.02 Å². The minimum atomic E-state index is -4.02. The molecule has 0 aliphatic rings. The molecular weight excluding hydrogens is 496 g/mol. The maximum Gasteiger partial charge on any atom is 0.264 e. The highest BCUT2D eigenvalue weighted by atomic mass is 35.5. The summed E-state index contributed by atoms with van der Waals surface area (Å²) < 4.78 is 34.0. The molecule has 0 bridgehead atoms. The lowest BCUT2D eigenvalue weighted by molar-refractivity contribution is -0.119. The van der Waals surface area contributed by atoms with Crippen LogP contribution >= 0.6 is 11.6 Å². The normalized spacial score (nSPS) is 11.3. The number of hydrogen-bond donors (Lipinski definition) is 1. The third-order valence-corrected chi connectivity index (χ3v) is 7.76. The van der Waals surface area contributed by atoms with E-state index in [1.165, 1.54) is 12.1 Å². The summed E-state index contributed by atoms with van der Waals surface area (Å²) in [5.74, 6) is 0.244. The molecule has 0 aromatic heterocycles. The summed E-state index contributed by atoms with van der Waals surface area (Å²) in [5.41, 5.74) is 1.97. The highest BCUT2D eigenvalue weighted by Crippen LogP contribution is 2.29. The van der Waals surface area contributed by atoms with Crippen molar-refractivity contribution in [3.8, 4) is 5.75 Å². The molecule has 0 radical (unpaired) electrons. The summed E-state index contributed by atoms with van der Waals surface area (Å²) in [4.78, 5) is 12.9. The number of ether oxygens (including phenoxy) is 1. The number of benzene rings is 4. The first-order valence-electron chi connectivity index (χ1n) is 11.5. The van der Waals surface area contributed by atoms with Gasteiger partial charge in [0.15, 0.2) is 0 Å². The van der Waals surface area contributed by atoms with Gasteiger partial charge in [-0.05, 0) is 66.6 Å². The fourth-order valence-electron chi connectivity index (χ4n) is 3.79. The number of nitrogens with one attached hydrogen (secondary N) is 1. The van der Waals surface area contributed by atoms with E-state index in [1.54, 1.807) is 37.3 Å². The molecule has 4 aromatic rings. The van der Waals surface area contributed by atoms with Crippen LogP contribution in [0.1, 0.15) is 11.1 Å². The highest BCUT2D eigenvalue weighted by molar-refractivity contribution is 7.92. The van der Waals surface area contributed by atoms with Crippen LogP contribution in [0.25, 0.3) is 10.8 Å². The Labute approximate surface area is 216 Å². The van der Waals surface area contributed by atoms with E-state index in [4.69, 9.17) is 16.3 Å². The second-order valence-corrected chi connectivity index (χ2v) is 10.8. The molecule has 0 unspecified atom stereocenters. The van der Waals surface area contributed by atoms with E-state index in [2.05, 4.69) is 5.32 Å². The lowest BCUT2D eigenvalue weighted by Crippen LogP contribution is -2.42. The first-order valence-corrected chi connectivity index (χ1v) is 13.3. The summed E-state index contributed by atoms with van der Waals surface area (Å²) in [5, 5.41) is 5.31. The number of anilines is 1. The van der Waals surface area contributed by atoms with Gasteiger partial charge in [0.25, 0.3) is 10.0 Å². The van der Waals surface area contributed by atoms with Gasteiger partial charge in [0.1, 0.15) is 18.9 Å². The van der Waals surface area contributed by atoms with Crippen LogP contribution in [-0.4, -0.2) is 34.0 Å². The molecule has 0 spiro atoms. The van der Waals surface area contributed by atoms with Crippen molar-refractivity contribution in [2.75, 3.05) is 24.0 Å². The second-order valence-electron chi connectivity index (χ2n) is 8.46. The molecule has 0 saturated heterocycles. The van der Waals surface area contributed by atoms with E-state index in [0.717, 1.165) is 20.6 Å². The monoisotopic (exact) mass is 522 g/mol. The number of fused-ring (bicyclic) bond motifs is 1.